The molecule has 1 saturated carbocycles. The Bertz CT molecular complexity index is 502. The van der Waals surface area contributed by atoms with Gasteiger partial charge in [-0.2, -0.15) is 0 Å². The molecule has 0 radical (unpaired) electrons. The summed E-state index contributed by atoms with van der Waals surface area (Å²) in [6.45, 7) is 3.36. The lowest BCUT2D eigenvalue weighted by Crippen LogP contribution is -2.20. The number of fused-ring (bicyclic) bond motifs is 1. The first kappa shape index (κ1) is 11.2. The number of hydrogen-bond donors (Lipinski definition) is 1. The van der Waals surface area contributed by atoms with E-state index in [-0.39, 0.29) is 0 Å². The third-order valence-electron chi connectivity index (χ3n) is 3.52. The lowest BCUT2D eigenvalue weighted by atomic mass is 10.1. The topological polar surface area (TPSA) is 24.9 Å². The smallest absolute Gasteiger partial charge is 0.0809 e. The fourth-order valence-corrected chi connectivity index (χ4v) is 2.92. The Morgan fingerprint density at radius 1 is 1.53 bits per heavy atom. The summed E-state index contributed by atoms with van der Waals surface area (Å²) in [6.07, 6.45) is 6.22. The molecular formula is C14H18N2S. The Balaban J connectivity index is 1.64. The summed E-state index contributed by atoms with van der Waals surface area (Å²) in [5.41, 5.74) is 2.42. The minimum atomic E-state index is 0.410. The van der Waals surface area contributed by atoms with Crippen molar-refractivity contribution in [2.75, 3.05) is 6.54 Å². The summed E-state index contributed by atoms with van der Waals surface area (Å²) in [4.78, 5) is 4.49. The summed E-state index contributed by atoms with van der Waals surface area (Å²) >= 11 is 1.77. The minimum Gasteiger partial charge on any atom is -0.310 e. The van der Waals surface area contributed by atoms with Crippen molar-refractivity contribution in [1.29, 1.82) is 0 Å². The van der Waals surface area contributed by atoms with E-state index < -0.39 is 0 Å². The zero-order valence-corrected chi connectivity index (χ0v) is 11.0. The van der Waals surface area contributed by atoms with Crippen molar-refractivity contribution in [3.63, 3.8) is 0 Å². The van der Waals surface area contributed by atoms with Gasteiger partial charge in [0.1, 0.15) is 0 Å². The first-order valence-corrected chi connectivity index (χ1v) is 7.27. The van der Waals surface area contributed by atoms with Gasteiger partial charge in [-0.05, 0) is 48.9 Å². The molecule has 1 fully saturated rings. The summed E-state index contributed by atoms with van der Waals surface area (Å²) in [5, 5.41) is 5.70. The number of aromatic nitrogens is 1. The number of nitrogens with zero attached hydrogens (tertiary/aromatic N) is 1. The lowest BCUT2D eigenvalue weighted by Gasteiger charge is -2.13. The van der Waals surface area contributed by atoms with Gasteiger partial charge in [0.05, 0.1) is 10.2 Å². The van der Waals surface area contributed by atoms with E-state index in [0.717, 1.165) is 18.0 Å². The molecule has 0 saturated heterocycles. The molecule has 90 valence electrons. The van der Waals surface area contributed by atoms with Crippen LogP contribution >= 0.6 is 11.3 Å². The van der Waals surface area contributed by atoms with E-state index in [0.29, 0.717) is 6.04 Å². The molecule has 3 heteroatoms. The van der Waals surface area contributed by atoms with Gasteiger partial charge in [0.25, 0.3) is 0 Å². The van der Waals surface area contributed by atoms with Gasteiger partial charge in [0, 0.05) is 12.2 Å². The van der Waals surface area contributed by atoms with Crippen LogP contribution < -0.4 is 5.32 Å². The molecule has 0 aromatic carbocycles. The van der Waals surface area contributed by atoms with Crippen LogP contribution in [0.2, 0.25) is 0 Å². The molecule has 2 aromatic rings. The molecule has 0 amide bonds. The van der Waals surface area contributed by atoms with Crippen LogP contribution in [0, 0.1) is 5.92 Å². The Morgan fingerprint density at radius 2 is 2.41 bits per heavy atom. The standard InChI is InChI=1S/C14H18N2S/c1-10(15-6-4-11-2-3-11)12-8-14-13(16-9-12)5-7-17-14/h5,7-11,15H,2-4,6H2,1H3. The molecule has 1 unspecified atom stereocenters. The van der Waals surface area contributed by atoms with Crippen LogP contribution in [0.15, 0.2) is 23.7 Å². The normalized spacial score (nSPS) is 17.5. The van der Waals surface area contributed by atoms with Crippen LogP contribution in [0.25, 0.3) is 10.2 Å². The van der Waals surface area contributed by atoms with Crippen LogP contribution in [-0.4, -0.2) is 11.5 Å². The van der Waals surface area contributed by atoms with Gasteiger partial charge < -0.3 is 5.32 Å². The lowest BCUT2D eigenvalue weighted by molar-refractivity contribution is 0.539. The molecule has 2 aromatic heterocycles. The summed E-state index contributed by atoms with van der Waals surface area (Å²) < 4.78 is 1.29. The molecule has 1 aliphatic rings. The highest BCUT2D eigenvalue weighted by Crippen LogP contribution is 2.32. The van der Waals surface area contributed by atoms with Gasteiger partial charge in [-0.1, -0.05) is 12.8 Å². The summed E-state index contributed by atoms with van der Waals surface area (Å²) in [7, 11) is 0. The number of rotatable bonds is 5. The Hall–Kier alpha value is -0.930. The van der Waals surface area contributed by atoms with Crippen molar-refractivity contribution >= 4 is 21.6 Å². The predicted octanol–water partition coefficient (Wildman–Crippen LogP) is 3.75. The molecule has 1 N–H and O–H groups in total. The van der Waals surface area contributed by atoms with Gasteiger partial charge in [0.15, 0.2) is 0 Å². The minimum absolute atomic E-state index is 0.410. The Kier molecular flexibility index (Phi) is 3.12. The molecule has 2 heterocycles. The molecule has 0 spiro atoms. The first-order chi connectivity index (χ1) is 8.33. The average Bonchev–Trinajstić information content (AvgIpc) is 3.04. The molecule has 0 bridgehead atoms. The quantitative estimate of drug-likeness (QED) is 0.869. The fourth-order valence-electron chi connectivity index (χ4n) is 2.13. The maximum absolute atomic E-state index is 4.49. The van der Waals surface area contributed by atoms with Gasteiger partial charge >= 0.3 is 0 Å². The second-order valence-corrected chi connectivity index (χ2v) is 5.93. The van der Waals surface area contributed by atoms with Crippen molar-refractivity contribution in [2.24, 2.45) is 5.92 Å². The first-order valence-electron chi connectivity index (χ1n) is 6.39. The summed E-state index contributed by atoms with van der Waals surface area (Å²) in [6, 6.07) is 4.75. The SMILES string of the molecule is CC(NCCC1CC1)c1cnc2ccsc2c1. The second-order valence-electron chi connectivity index (χ2n) is 4.98. The monoisotopic (exact) mass is 246 g/mol. The van der Waals surface area contributed by atoms with Crippen molar-refractivity contribution in [3.8, 4) is 0 Å². The van der Waals surface area contributed by atoms with Crippen LogP contribution in [0.4, 0.5) is 0 Å². The highest BCUT2D eigenvalue weighted by molar-refractivity contribution is 7.17. The molecule has 1 atom stereocenters. The number of pyridine rings is 1. The van der Waals surface area contributed by atoms with E-state index in [1.165, 1.54) is 29.5 Å². The van der Waals surface area contributed by atoms with E-state index in [9.17, 15) is 0 Å². The zero-order chi connectivity index (χ0) is 11.7. The Morgan fingerprint density at radius 3 is 3.24 bits per heavy atom. The van der Waals surface area contributed by atoms with Crippen LogP contribution in [0.5, 0.6) is 0 Å². The van der Waals surface area contributed by atoms with Crippen LogP contribution in [0.3, 0.4) is 0 Å². The van der Waals surface area contributed by atoms with Gasteiger partial charge in [-0.15, -0.1) is 11.3 Å². The van der Waals surface area contributed by atoms with Gasteiger partial charge in [-0.25, -0.2) is 0 Å². The molecule has 1 aliphatic carbocycles. The maximum atomic E-state index is 4.49. The van der Waals surface area contributed by atoms with Crippen molar-refractivity contribution in [2.45, 2.75) is 32.2 Å². The molecule has 0 aliphatic heterocycles. The average molecular weight is 246 g/mol. The second kappa shape index (κ2) is 4.75. The number of thiophene rings is 1. The van der Waals surface area contributed by atoms with Crippen LogP contribution in [-0.2, 0) is 0 Å². The fraction of sp³-hybridized carbons (Fsp3) is 0.500. The number of nitrogens with one attached hydrogen (secondary N) is 1. The van der Waals surface area contributed by atoms with E-state index in [1.807, 2.05) is 6.20 Å². The molecule has 3 rings (SSSR count). The largest absolute Gasteiger partial charge is 0.310 e. The predicted molar refractivity (Wildman–Crippen MR) is 73.4 cm³/mol. The summed E-state index contributed by atoms with van der Waals surface area (Å²) in [5.74, 6) is 1.01. The maximum Gasteiger partial charge on any atom is 0.0809 e. The van der Waals surface area contributed by atoms with E-state index in [4.69, 9.17) is 0 Å². The van der Waals surface area contributed by atoms with Gasteiger partial charge in [-0.3, -0.25) is 4.98 Å². The highest BCUT2D eigenvalue weighted by atomic mass is 32.1. The van der Waals surface area contributed by atoms with Crippen molar-refractivity contribution < 1.29 is 0 Å². The third-order valence-corrected chi connectivity index (χ3v) is 4.38. The molecular weight excluding hydrogens is 228 g/mol. The van der Waals surface area contributed by atoms with Crippen LogP contribution in [0.1, 0.15) is 37.8 Å². The van der Waals surface area contributed by atoms with Crippen molar-refractivity contribution in [1.82, 2.24) is 10.3 Å². The van der Waals surface area contributed by atoms with E-state index >= 15 is 0 Å². The third kappa shape index (κ3) is 2.67. The van der Waals surface area contributed by atoms with E-state index in [1.54, 1.807) is 11.3 Å². The number of hydrogen-bond acceptors (Lipinski definition) is 3. The molecule has 17 heavy (non-hydrogen) atoms. The molecule has 2 nitrogen and oxygen atoms in total. The van der Waals surface area contributed by atoms with Crippen molar-refractivity contribution in [3.05, 3.63) is 29.3 Å². The highest BCUT2D eigenvalue weighted by Gasteiger charge is 2.20. The van der Waals surface area contributed by atoms with Gasteiger partial charge in [0.2, 0.25) is 0 Å². The Labute approximate surface area is 106 Å². The zero-order valence-electron chi connectivity index (χ0n) is 10.1. The van der Waals surface area contributed by atoms with E-state index in [2.05, 4.69) is 34.7 Å².